The lowest BCUT2D eigenvalue weighted by atomic mass is 9.80. The number of aromatic nitrogens is 2. The van der Waals surface area contributed by atoms with E-state index >= 15 is 0 Å². The number of hydrogen-bond donors (Lipinski definition) is 1. The number of anilines is 1. The third kappa shape index (κ3) is 6.56. The first-order valence-corrected chi connectivity index (χ1v) is 14.5. The van der Waals surface area contributed by atoms with Crippen LogP contribution in [0.15, 0.2) is 91.0 Å². The predicted octanol–water partition coefficient (Wildman–Crippen LogP) is 5.99. The average Bonchev–Trinajstić information content (AvgIpc) is 3.42. The summed E-state index contributed by atoms with van der Waals surface area (Å²) in [6.07, 6.45) is -1.08. The molecule has 0 spiro atoms. The van der Waals surface area contributed by atoms with Gasteiger partial charge in [0.25, 0.3) is 11.8 Å². The Labute approximate surface area is 262 Å². The quantitative estimate of drug-likeness (QED) is 0.139. The zero-order valence-electron chi connectivity index (χ0n) is 24.9. The van der Waals surface area contributed by atoms with Gasteiger partial charge in [0.2, 0.25) is 0 Å². The van der Waals surface area contributed by atoms with E-state index in [1.54, 1.807) is 17.7 Å². The number of methoxy groups -OCH3 is 1. The summed E-state index contributed by atoms with van der Waals surface area (Å²) in [5.41, 5.74) is 0.993. The van der Waals surface area contributed by atoms with Gasteiger partial charge in [-0.3, -0.25) is 14.5 Å². The summed E-state index contributed by atoms with van der Waals surface area (Å²) in [5, 5.41) is 7.59. The maximum absolute atomic E-state index is 14.3. The van der Waals surface area contributed by atoms with Crippen molar-refractivity contribution < 1.29 is 36.7 Å². The van der Waals surface area contributed by atoms with Crippen molar-refractivity contribution in [2.24, 2.45) is 0 Å². The number of ether oxygens (including phenoxy) is 1. The molecular weight excluding hydrogens is 604 g/mol. The smallest absolute Gasteiger partial charge is 0.416 e. The van der Waals surface area contributed by atoms with Crippen LogP contribution in [0.3, 0.4) is 0 Å². The Kier molecular flexibility index (Phi) is 9.36. The molecule has 8 nitrogen and oxygen atoms in total. The lowest BCUT2D eigenvalue weighted by Gasteiger charge is -2.38. The molecule has 1 aromatic heterocycles. The number of rotatable bonds is 9. The molecule has 0 radical (unpaired) electrons. The second kappa shape index (κ2) is 13.4. The fraction of sp³-hybridized carbons (Fsp3) is 0.235. The molecule has 4 aromatic rings. The van der Waals surface area contributed by atoms with Crippen molar-refractivity contribution in [2.75, 3.05) is 18.6 Å². The highest BCUT2D eigenvalue weighted by Crippen LogP contribution is 2.44. The van der Waals surface area contributed by atoms with Crippen molar-refractivity contribution in [2.45, 2.75) is 37.9 Å². The topological polar surface area (TPSA) is 93.5 Å². The first-order chi connectivity index (χ1) is 22.0. The summed E-state index contributed by atoms with van der Waals surface area (Å²) >= 11 is 0. The Hall–Kier alpha value is -5.26. The number of aryl methyl sites for hydroxylation is 1. The number of likely N-dealkylation sites (N-methyl/N-ethyl adjacent to an activating group) is 1. The molecule has 0 unspecified atom stereocenters. The monoisotopic (exact) mass is 634 g/mol. The van der Waals surface area contributed by atoms with Gasteiger partial charge in [-0.05, 0) is 67.8 Å². The normalized spacial score (nSPS) is 16.4. The van der Waals surface area contributed by atoms with Crippen molar-refractivity contribution in [3.05, 3.63) is 125 Å². The van der Waals surface area contributed by atoms with Crippen LogP contribution in [0, 0.1) is 5.82 Å². The van der Waals surface area contributed by atoms with Crippen molar-refractivity contribution in [3.8, 4) is 5.69 Å². The van der Waals surface area contributed by atoms with E-state index < -0.39 is 47.3 Å². The molecule has 1 aliphatic rings. The summed E-state index contributed by atoms with van der Waals surface area (Å²) in [6.45, 7) is 1.94. The predicted molar refractivity (Wildman–Crippen MR) is 162 cm³/mol. The molecule has 238 valence electrons. The van der Waals surface area contributed by atoms with Crippen LogP contribution in [0.1, 0.15) is 52.0 Å². The fourth-order valence-corrected chi connectivity index (χ4v) is 5.57. The number of para-hydroxylation sites is 1. The second-order valence-corrected chi connectivity index (χ2v) is 10.5. The number of carbonyl (C=O) groups is 3. The number of benzene rings is 3. The minimum Gasteiger partial charge on any atom is -0.466 e. The Morgan fingerprint density at radius 3 is 2.39 bits per heavy atom. The van der Waals surface area contributed by atoms with Crippen LogP contribution in [-0.4, -0.2) is 47.3 Å². The molecule has 0 fully saturated rings. The standard InChI is InChI=1S/C34H30F4N4O4/c1-3-41-32-29(26(14-7-8-15-27(43)46-2)40-42(32)25-12-5-4-6-13-25)28(21-16-18-24(35)19-17-21)30(33(41)45)39-31(44)22-10-9-11-23(20-22)34(36,37)38/h4-6,8-13,15-20,28,30H,3,7,14H2,1-2H3,(H,39,44)/b15-8+/t28-,30-/m0/s1. The van der Waals surface area contributed by atoms with Crippen LogP contribution in [-0.2, 0) is 26.9 Å². The lowest BCUT2D eigenvalue weighted by molar-refractivity contribution is -0.137. The van der Waals surface area contributed by atoms with Gasteiger partial charge in [0.1, 0.15) is 17.7 Å². The first-order valence-electron chi connectivity index (χ1n) is 14.5. The number of alkyl halides is 3. The number of amides is 2. The van der Waals surface area contributed by atoms with Gasteiger partial charge in [-0.2, -0.15) is 18.3 Å². The number of esters is 1. The molecule has 2 heterocycles. The molecule has 0 saturated carbocycles. The van der Waals surface area contributed by atoms with Crippen molar-refractivity contribution in [1.29, 1.82) is 0 Å². The SMILES string of the molecule is CCN1C(=O)[C@@H](NC(=O)c2cccc(C(F)(F)F)c2)[C@@H](c2ccc(F)cc2)c2c(CC/C=C/C(=O)OC)nn(-c3ccccc3)c21. The molecule has 0 aliphatic carbocycles. The maximum atomic E-state index is 14.3. The minimum atomic E-state index is -4.68. The van der Waals surface area contributed by atoms with E-state index in [1.807, 2.05) is 30.3 Å². The van der Waals surface area contributed by atoms with Crippen LogP contribution < -0.4 is 10.2 Å². The Morgan fingerprint density at radius 2 is 1.74 bits per heavy atom. The molecule has 1 N–H and O–H groups in total. The molecule has 46 heavy (non-hydrogen) atoms. The fourth-order valence-electron chi connectivity index (χ4n) is 5.57. The summed E-state index contributed by atoms with van der Waals surface area (Å²) < 4.78 is 60.8. The number of carbonyl (C=O) groups excluding carboxylic acids is 3. The molecule has 2 atom stereocenters. The summed E-state index contributed by atoms with van der Waals surface area (Å²) in [6, 6.07) is 17.2. The minimum absolute atomic E-state index is 0.179. The second-order valence-electron chi connectivity index (χ2n) is 10.5. The van der Waals surface area contributed by atoms with E-state index in [9.17, 15) is 31.9 Å². The van der Waals surface area contributed by atoms with E-state index in [2.05, 4.69) is 10.1 Å². The number of fused-ring (bicyclic) bond motifs is 1. The van der Waals surface area contributed by atoms with E-state index in [-0.39, 0.29) is 12.1 Å². The number of allylic oxidation sites excluding steroid dienone is 1. The summed E-state index contributed by atoms with van der Waals surface area (Å²) in [7, 11) is 1.27. The third-order valence-electron chi connectivity index (χ3n) is 7.69. The number of nitrogens with zero attached hydrogens (tertiary/aromatic N) is 3. The first kappa shape index (κ1) is 32.1. The molecule has 2 amide bonds. The van der Waals surface area contributed by atoms with Crippen LogP contribution >= 0.6 is 0 Å². The van der Waals surface area contributed by atoms with E-state index in [1.165, 1.54) is 48.4 Å². The Balaban J connectivity index is 1.67. The summed E-state index contributed by atoms with van der Waals surface area (Å²) in [5.74, 6) is -2.88. The largest absolute Gasteiger partial charge is 0.466 e. The molecule has 3 aromatic carbocycles. The zero-order valence-corrected chi connectivity index (χ0v) is 24.9. The van der Waals surface area contributed by atoms with E-state index in [0.717, 1.165) is 18.2 Å². The van der Waals surface area contributed by atoms with Gasteiger partial charge in [-0.1, -0.05) is 42.5 Å². The highest BCUT2D eigenvalue weighted by atomic mass is 19.4. The molecule has 5 rings (SSSR count). The number of hydrogen-bond acceptors (Lipinski definition) is 5. The third-order valence-corrected chi connectivity index (χ3v) is 7.69. The van der Waals surface area contributed by atoms with E-state index in [0.29, 0.717) is 41.2 Å². The zero-order chi connectivity index (χ0) is 33.0. The molecule has 0 bridgehead atoms. The Bertz CT molecular complexity index is 1770. The number of halogens is 4. The van der Waals surface area contributed by atoms with Gasteiger partial charge in [-0.25, -0.2) is 13.9 Å². The molecular formula is C34H30F4N4O4. The Morgan fingerprint density at radius 1 is 1.02 bits per heavy atom. The van der Waals surface area contributed by atoms with Gasteiger partial charge in [0.05, 0.1) is 24.1 Å². The van der Waals surface area contributed by atoms with Crippen molar-refractivity contribution in [3.63, 3.8) is 0 Å². The van der Waals surface area contributed by atoms with Gasteiger partial charge >= 0.3 is 12.1 Å². The van der Waals surface area contributed by atoms with Crippen LogP contribution in [0.4, 0.5) is 23.4 Å². The lowest BCUT2D eigenvalue weighted by Crippen LogP contribution is -2.55. The number of nitrogens with one attached hydrogen (secondary N) is 1. The van der Waals surface area contributed by atoms with Gasteiger partial charge in [0, 0.05) is 29.7 Å². The van der Waals surface area contributed by atoms with Crippen LogP contribution in [0.2, 0.25) is 0 Å². The molecule has 12 heteroatoms. The highest BCUT2D eigenvalue weighted by Gasteiger charge is 2.46. The van der Waals surface area contributed by atoms with Gasteiger partial charge in [-0.15, -0.1) is 0 Å². The van der Waals surface area contributed by atoms with Crippen molar-refractivity contribution in [1.82, 2.24) is 15.1 Å². The maximum Gasteiger partial charge on any atom is 0.416 e. The van der Waals surface area contributed by atoms with Gasteiger partial charge < -0.3 is 10.1 Å². The van der Waals surface area contributed by atoms with Gasteiger partial charge in [0.15, 0.2) is 0 Å². The average molecular weight is 635 g/mol. The molecule has 1 aliphatic heterocycles. The van der Waals surface area contributed by atoms with Crippen LogP contribution in [0.5, 0.6) is 0 Å². The molecule has 0 saturated heterocycles. The summed E-state index contributed by atoms with van der Waals surface area (Å²) in [4.78, 5) is 40.9. The van der Waals surface area contributed by atoms with Crippen molar-refractivity contribution >= 4 is 23.6 Å². The van der Waals surface area contributed by atoms with E-state index in [4.69, 9.17) is 5.10 Å². The van der Waals surface area contributed by atoms with Crippen LogP contribution in [0.25, 0.3) is 5.69 Å². The highest BCUT2D eigenvalue weighted by molar-refractivity contribution is 6.05.